The topological polar surface area (TPSA) is 67.4 Å². The highest BCUT2D eigenvalue weighted by Gasteiger charge is 2.22. The number of methoxy groups -OCH3 is 1. The molecule has 1 heterocycles. The number of ether oxygens (including phenoxy) is 1. The van der Waals surface area contributed by atoms with Crippen molar-refractivity contribution in [3.8, 4) is 5.75 Å². The lowest BCUT2D eigenvalue weighted by Crippen LogP contribution is -2.37. The van der Waals surface area contributed by atoms with Crippen molar-refractivity contribution in [1.82, 2.24) is 10.6 Å². The molecule has 2 N–H and O–H groups in total. The Morgan fingerprint density at radius 2 is 2.39 bits per heavy atom. The number of carbonyl (C=O) groups excluding carboxylic acids is 2. The largest absolute Gasteiger partial charge is 0.497 e. The van der Waals surface area contributed by atoms with E-state index in [1.807, 2.05) is 24.3 Å². The van der Waals surface area contributed by atoms with Crippen molar-refractivity contribution in [3.05, 3.63) is 29.8 Å². The van der Waals surface area contributed by atoms with E-state index in [9.17, 15) is 9.59 Å². The fourth-order valence-corrected chi connectivity index (χ4v) is 1.95. The van der Waals surface area contributed by atoms with Crippen molar-refractivity contribution >= 4 is 11.8 Å². The molecule has 18 heavy (non-hydrogen) atoms. The molecule has 5 heteroatoms. The lowest BCUT2D eigenvalue weighted by molar-refractivity contribution is -0.121. The van der Waals surface area contributed by atoms with Gasteiger partial charge in [0.2, 0.25) is 11.8 Å². The van der Waals surface area contributed by atoms with Gasteiger partial charge in [0, 0.05) is 13.0 Å². The highest BCUT2D eigenvalue weighted by molar-refractivity contribution is 5.83. The number of amides is 2. The monoisotopic (exact) mass is 248 g/mol. The summed E-state index contributed by atoms with van der Waals surface area (Å²) in [6.45, 7) is 0.517. The first kappa shape index (κ1) is 12.4. The van der Waals surface area contributed by atoms with Crippen molar-refractivity contribution in [2.24, 2.45) is 0 Å². The van der Waals surface area contributed by atoms with Gasteiger partial charge in [-0.2, -0.15) is 0 Å². The minimum atomic E-state index is -0.0874. The van der Waals surface area contributed by atoms with Crippen LogP contribution < -0.4 is 15.4 Å². The van der Waals surface area contributed by atoms with Crippen LogP contribution in [0.2, 0.25) is 0 Å². The summed E-state index contributed by atoms with van der Waals surface area (Å²) in [6, 6.07) is 7.30. The van der Waals surface area contributed by atoms with Crippen LogP contribution in [0, 0.1) is 0 Å². The molecule has 1 fully saturated rings. The molecule has 1 aliphatic heterocycles. The number of benzene rings is 1. The fourth-order valence-electron chi connectivity index (χ4n) is 1.95. The van der Waals surface area contributed by atoms with Gasteiger partial charge in [-0.15, -0.1) is 0 Å². The van der Waals surface area contributed by atoms with Crippen molar-refractivity contribution in [1.29, 1.82) is 0 Å². The SMILES string of the molecule is COc1cccc(CC(=O)NC2CNC(=O)C2)c1. The van der Waals surface area contributed by atoms with E-state index >= 15 is 0 Å². The molecular formula is C13H16N2O3. The minimum Gasteiger partial charge on any atom is -0.497 e. The second kappa shape index (κ2) is 5.53. The average molecular weight is 248 g/mol. The van der Waals surface area contributed by atoms with Crippen LogP contribution in [0.1, 0.15) is 12.0 Å². The van der Waals surface area contributed by atoms with Gasteiger partial charge in [0.25, 0.3) is 0 Å². The maximum Gasteiger partial charge on any atom is 0.224 e. The highest BCUT2D eigenvalue weighted by atomic mass is 16.5. The van der Waals surface area contributed by atoms with Gasteiger partial charge in [-0.1, -0.05) is 12.1 Å². The maximum atomic E-state index is 11.8. The van der Waals surface area contributed by atoms with Gasteiger partial charge >= 0.3 is 0 Å². The zero-order valence-corrected chi connectivity index (χ0v) is 10.2. The van der Waals surface area contributed by atoms with E-state index in [4.69, 9.17) is 4.74 Å². The summed E-state index contributed by atoms with van der Waals surface area (Å²) in [4.78, 5) is 22.8. The van der Waals surface area contributed by atoms with Gasteiger partial charge < -0.3 is 15.4 Å². The Morgan fingerprint density at radius 3 is 3.06 bits per heavy atom. The molecule has 1 atom stereocenters. The Bertz CT molecular complexity index is 459. The van der Waals surface area contributed by atoms with Crippen LogP contribution in [0.3, 0.4) is 0 Å². The molecule has 0 spiro atoms. The first-order chi connectivity index (χ1) is 8.67. The Labute approximate surface area is 106 Å². The molecule has 0 saturated carbocycles. The molecule has 1 aromatic carbocycles. The predicted molar refractivity (Wildman–Crippen MR) is 66.3 cm³/mol. The van der Waals surface area contributed by atoms with Crippen LogP contribution >= 0.6 is 0 Å². The normalized spacial score (nSPS) is 18.3. The molecular weight excluding hydrogens is 232 g/mol. The summed E-state index contributed by atoms with van der Waals surface area (Å²) < 4.78 is 5.10. The van der Waals surface area contributed by atoms with Gasteiger partial charge in [0.1, 0.15) is 5.75 Å². The van der Waals surface area contributed by atoms with Crippen LogP contribution in [0.4, 0.5) is 0 Å². The summed E-state index contributed by atoms with van der Waals surface area (Å²) in [5.41, 5.74) is 0.893. The Hall–Kier alpha value is -2.04. The van der Waals surface area contributed by atoms with Gasteiger partial charge in [-0.3, -0.25) is 9.59 Å². The summed E-state index contributed by atoms with van der Waals surface area (Å²) in [6.07, 6.45) is 0.658. The molecule has 2 amide bonds. The molecule has 1 saturated heterocycles. The third-order valence-electron chi connectivity index (χ3n) is 2.84. The molecule has 0 radical (unpaired) electrons. The molecule has 5 nitrogen and oxygen atoms in total. The first-order valence-electron chi connectivity index (χ1n) is 5.86. The number of carbonyl (C=O) groups is 2. The van der Waals surface area contributed by atoms with Gasteiger partial charge in [-0.05, 0) is 17.7 Å². The molecule has 0 bridgehead atoms. The quantitative estimate of drug-likeness (QED) is 0.802. The number of rotatable bonds is 4. The minimum absolute atomic E-state index is 0.0123. The van der Waals surface area contributed by atoms with E-state index in [2.05, 4.69) is 10.6 Å². The summed E-state index contributed by atoms with van der Waals surface area (Å²) >= 11 is 0. The van der Waals surface area contributed by atoms with Crippen molar-refractivity contribution in [2.75, 3.05) is 13.7 Å². The molecule has 1 aliphatic rings. The Balaban J connectivity index is 1.88. The molecule has 0 aromatic heterocycles. The lowest BCUT2D eigenvalue weighted by Gasteiger charge is -2.10. The predicted octanol–water partition coefficient (Wildman–Crippen LogP) is 0.242. The molecule has 2 rings (SSSR count). The summed E-state index contributed by atoms with van der Waals surface area (Å²) in [5, 5.41) is 5.52. The summed E-state index contributed by atoms with van der Waals surface area (Å²) in [7, 11) is 1.59. The van der Waals surface area contributed by atoms with Gasteiger partial charge in [-0.25, -0.2) is 0 Å². The third kappa shape index (κ3) is 3.23. The summed E-state index contributed by atoms with van der Waals surface area (Å²) in [5.74, 6) is 0.643. The smallest absolute Gasteiger partial charge is 0.224 e. The Kier molecular flexibility index (Phi) is 3.82. The van der Waals surface area contributed by atoms with Crippen LogP contribution in [-0.4, -0.2) is 31.5 Å². The standard InChI is InChI=1S/C13H16N2O3/c1-18-11-4-2-3-9(5-11)6-13(17)15-10-7-12(16)14-8-10/h2-5,10H,6-8H2,1H3,(H,14,16)(H,15,17). The van der Waals surface area contributed by atoms with Gasteiger partial charge in [0.05, 0.1) is 19.6 Å². The van der Waals surface area contributed by atoms with Crippen LogP contribution in [-0.2, 0) is 16.0 Å². The second-order valence-corrected chi connectivity index (χ2v) is 4.30. The fraction of sp³-hybridized carbons (Fsp3) is 0.385. The van der Waals surface area contributed by atoms with E-state index in [-0.39, 0.29) is 17.9 Å². The van der Waals surface area contributed by atoms with E-state index in [1.165, 1.54) is 0 Å². The maximum absolute atomic E-state index is 11.8. The van der Waals surface area contributed by atoms with E-state index in [1.54, 1.807) is 7.11 Å². The van der Waals surface area contributed by atoms with E-state index in [0.29, 0.717) is 19.4 Å². The van der Waals surface area contributed by atoms with Crippen LogP contribution in [0.25, 0.3) is 0 Å². The number of hydrogen-bond donors (Lipinski definition) is 2. The lowest BCUT2D eigenvalue weighted by atomic mass is 10.1. The van der Waals surface area contributed by atoms with Crippen LogP contribution in [0.15, 0.2) is 24.3 Å². The van der Waals surface area contributed by atoms with Crippen molar-refractivity contribution < 1.29 is 14.3 Å². The van der Waals surface area contributed by atoms with Crippen molar-refractivity contribution in [3.63, 3.8) is 0 Å². The van der Waals surface area contributed by atoms with Crippen molar-refractivity contribution in [2.45, 2.75) is 18.9 Å². The molecule has 96 valence electrons. The first-order valence-corrected chi connectivity index (χ1v) is 5.86. The van der Waals surface area contributed by atoms with Gasteiger partial charge in [0.15, 0.2) is 0 Å². The molecule has 1 aromatic rings. The second-order valence-electron chi connectivity index (χ2n) is 4.30. The molecule has 0 aliphatic carbocycles. The van der Waals surface area contributed by atoms with E-state index < -0.39 is 0 Å². The zero-order chi connectivity index (χ0) is 13.0. The number of hydrogen-bond acceptors (Lipinski definition) is 3. The third-order valence-corrected chi connectivity index (χ3v) is 2.84. The Morgan fingerprint density at radius 1 is 1.56 bits per heavy atom. The zero-order valence-electron chi connectivity index (χ0n) is 10.2. The van der Waals surface area contributed by atoms with E-state index in [0.717, 1.165) is 11.3 Å². The average Bonchev–Trinajstić information content (AvgIpc) is 2.74. The van der Waals surface area contributed by atoms with Crippen LogP contribution in [0.5, 0.6) is 5.75 Å². The molecule has 1 unspecified atom stereocenters. The highest BCUT2D eigenvalue weighted by Crippen LogP contribution is 2.13. The number of nitrogens with one attached hydrogen (secondary N) is 2.